The molecule has 0 saturated heterocycles. The topological polar surface area (TPSA) is 86.1 Å². The van der Waals surface area contributed by atoms with Crippen molar-refractivity contribution in [3.8, 4) is 11.3 Å². The summed E-state index contributed by atoms with van der Waals surface area (Å²) >= 11 is 0. The summed E-state index contributed by atoms with van der Waals surface area (Å²) in [6.07, 6.45) is 7.37. The van der Waals surface area contributed by atoms with E-state index in [1.165, 1.54) is 0 Å². The Labute approximate surface area is 179 Å². The number of hydrogen-bond acceptors (Lipinski definition) is 5. The third-order valence-electron chi connectivity index (χ3n) is 5.63. The summed E-state index contributed by atoms with van der Waals surface area (Å²) in [5.41, 5.74) is 6.98. The quantitative estimate of drug-likeness (QED) is 0.663. The Hall–Kier alpha value is -3.74. The van der Waals surface area contributed by atoms with Gasteiger partial charge in [0.05, 0.1) is 30.1 Å². The largest absolute Gasteiger partial charge is 0.462 e. The van der Waals surface area contributed by atoms with Crippen molar-refractivity contribution in [3.05, 3.63) is 70.2 Å². The van der Waals surface area contributed by atoms with Crippen molar-refractivity contribution in [1.82, 2.24) is 20.1 Å². The van der Waals surface area contributed by atoms with Crippen molar-refractivity contribution in [3.63, 3.8) is 0 Å². The Kier molecular flexibility index (Phi) is 4.86. The van der Waals surface area contributed by atoms with Gasteiger partial charge < -0.3 is 10.1 Å². The Bertz CT molecular complexity index is 1230. The minimum atomic E-state index is -0.329. The van der Waals surface area contributed by atoms with Gasteiger partial charge in [-0.1, -0.05) is 18.2 Å². The van der Waals surface area contributed by atoms with Crippen LogP contribution in [0.15, 0.2) is 36.5 Å². The van der Waals surface area contributed by atoms with E-state index in [2.05, 4.69) is 10.3 Å². The molecule has 1 aromatic carbocycles. The number of pyridine rings is 1. The first-order chi connectivity index (χ1) is 15.1. The number of esters is 1. The van der Waals surface area contributed by atoms with Crippen molar-refractivity contribution in [2.75, 3.05) is 13.2 Å². The van der Waals surface area contributed by atoms with Gasteiger partial charge in [0.1, 0.15) is 5.69 Å². The number of nitrogens with zero attached hydrogens (tertiary/aromatic N) is 3. The summed E-state index contributed by atoms with van der Waals surface area (Å²) in [6.45, 7) is 3.43. The first-order valence-electron chi connectivity index (χ1n) is 10.5. The summed E-state index contributed by atoms with van der Waals surface area (Å²) in [6, 6.07) is 9.32. The van der Waals surface area contributed by atoms with Crippen LogP contribution in [0.3, 0.4) is 0 Å². The van der Waals surface area contributed by atoms with Crippen LogP contribution in [0.1, 0.15) is 50.2 Å². The molecule has 1 aliphatic heterocycles. The fourth-order valence-electron chi connectivity index (χ4n) is 4.16. The minimum Gasteiger partial charge on any atom is -0.462 e. The molecule has 0 atom stereocenters. The van der Waals surface area contributed by atoms with E-state index in [0.29, 0.717) is 31.0 Å². The van der Waals surface area contributed by atoms with Gasteiger partial charge in [-0.05, 0) is 55.2 Å². The van der Waals surface area contributed by atoms with E-state index in [1.54, 1.807) is 19.1 Å². The molecule has 0 bridgehead atoms. The molecular weight excluding hydrogens is 392 g/mol. The van der Waals surface area contributed by atoms with Gasteiger partial charge in [0.15, 0.2) is 0 Å². The smallest absolute Gasteiger partial charge is 0.338 e. The number of ether oxygens (including phenoxy) is 1. The van der Waals surface area contributed by atoms with Gasteiger partial charge in [0.2, 0.25) is 0 Å². The van der Waals surface area contributed by atoms with Crippen molar-refractivity contribution in [2.45, 2.75) is 26.3 Å². The van der Waals surface area contributed by atoms with Crippen molar-refractivity contribution >= 4 is 24.0 Å². The number of fused-ring (bicyclic) bond motifs is 5. The zero-order chi connectivity index (χ0) is 21.4. The lowest BCUT2D eigenvalue weighted by Crippen LogP contribution is -2.36. The summed E-state index contributed by atoms with van der Waals surface area (Å²) in [5, 5.41) is 7.66. The average molecular weight is 414 g/mol. The van der Waals surface area contributed by atoms with Crippen LogP contribution in [0.4, 0.5) is 0 Å². The molecule has 5 rings (SSSR count). The number of hydrogen-bond donors (Lipinski definition) is 1. The van der Waals surface area contributed by atoms with Crippen LogP contribution in [0.5, 0.6) is 0 Å². The lowest BCUT2D eigenvalue weighted by Gasteiger charge is -2.17. The highest BCUT2D eigenvalue weighted by Gasteiger charge is 2.30. The van der Waals surface area contributed by atoms with E-state index in [4.69, 9.17) is 9.84 Å². The molecule has 2 aliphatic rings. The second-order valence-corrected chi connectivity index (χ2v) is 7.60. The average Bonchev–Trinajstić information content (AvgIpc) is 3.18. The molecule has 0 saturated carbocycles. The fourth-order valence-corrected chi connectivity index (χ4v) is 4.16. The second-order valence-electron chi connectivity index (χ2n) is 7.60. The van der Waals surface area contributed by atoms with Gasteiger partial charge in [-0.25, -0.2) is 4.79 Å². The van der Waals surface area contributed by atoms with Gasteiger partial charge in [-0.2, -0.15) is 5.10 Å². The summed E-state index contributed by atoms with van der Waals surface area (Å²) in [7, 11) is 0. The maximum Gasteiger partial charge on any atom is 0.338 e. The number of amides is 1. The first kappa shape index (κ1) is 19.2. The van der Waals surface area contributed by atoms with E-state index in [1.807, 2.05) is 41.2 Å². The van der Waals surface area contributed by atoms with Crippen LogP contribution in [-0.4, -0.2) is 39.8 Å². The van der Waals surface area contributed by atoms with Crippen LogP contribution >= 0.6 is 0 Å². The molecule has 3 heterocycles. The van der Waals surface area contributed by atoms with Crippen LogP contribution in [0.2, 0.25) is 0 Å². The lowest BCUT2D eigenvalue weighted by atomic mass is 9.89. The predicted molar refractivity (Wildman–Crippen MR) is 117 cm³/mol. The summed E-state index contributed by atoms with van der Waals surface area (Å²) in [5.74, 6) is -0.371. The summed E-state index contributed by atoms with van der Waals surface area (Å²) < 4.78 is 6.90. The van der Waals surface area contributed by atoms with Crippen molar-refractivity contribution in [1.29, 1.82) is 0 Å². The second kappa shape index (κ2) is 7.83. The van der Waals surface area contributed by atoms with Crippen LogP contribution in [0, 0.1) is 0 Å². The Balaban J connectivity index is 1.46. The molecule has 0 fully saturated rings. The molecule has 7 nitrogen and oxygen atoms in total. The van der Waals surface area contributed by atoms with E-state index in [0.717, 1.165) is 46.5 Å². The summed E-state index contributed by atoms with van der Waals surface area (Å²) in [4.78, 5) is 28.9. The van der Waals surface area contributed by atoms with Gasteiger partial charge >= 0.3 is 5.97 Å². The molecular formula is C24H22N4O3. The Morgan fingerprint density at radius 1 is 1.26 bits per heavy atom. The minimum absolute atomic E-state index is 0.0425. The fraction of sp³-hybridized carbons (Fsp3) is 0.250. The number of aryl methyl sites for hydroxylation is 1. The number of carbonyl (C=O) groups excluding carboxylic acids is 2. The number of rotatable bonds is 4. The molecule has 1 N–H and O–H groups in total. The number of nitrogens with one attached hydrogen (secondary N) is 1. The molecule has 1 amide bonds. The number of carbonyl (C=O) groups is 2. The highest BCUT2D eigenvalue weighted by Crippen LogP contribution is 2.35. The van der Waals surface area contributed by atoms with Crippen LogP contribution in [0.25, 0.3) is 23.4 Å². The highest BCUT2D eigenvalue weighted by molar-refractivity contribution is 5.97. The van der Waals surface area contributed by atoms with E-state index < -0.39 is 0 Å². The Morgan fingerprint density at radius 2 is 2.16 bits per heavy atom. The maximum absolute atomic E-state index is 12.3. The normalized spacial score (nSPS) is 14.5. The SMILES string of the molecule is CCOC(=O)c1cccc(C=Cc2cc3c(cn2)CCc2c-3nn3c2C(=O)NCC3)c1. The van der Waals surface area contributed by atoms with Gasteiger partial charge in [0, 0.05) is 23.9 Å². The number of aromatic nitrogens is 3. The monoisotopic (exact) mass is 414 g/mol. The third-order valence-corrected chi connectivity index (χ3v) is 5.63. The van der Waals surface area contributed by atoms with Crippen LogP contribution in [-0.2, 0) is 24.1 Å². The van der Waals surface area contributed by atoms with Crippen molar-refractivity contribution in [2.24, 2.45) is 0 Å². The zero-order valence-corrected chi connectivity index (χ0v) is 17.2. The molecule has 0 radical (unpaired) electrons. The van der Waals surface area contributed by atoms with Gasteiger partial charge in [0.25, 0.3) is 5.91 Å². The Morgan fingerprint density at radius 3 is 3.03 bits per heavy atom. The van der Waals surface area contributed by atoms with E-state index in [-0.39, 0.29) is 11.9 Å². The van der Waals surface area contributed by atoms with E-state index >= 15 is 0 Å². The molecule has 2 aromatic heterocycles. The van der Waals surface area contributed by atoms with Gasteiger partial charge in [-0.3, -0.25) is 14.5 Å². The molecule has 1 aliphatic carbocycles. The van der Waals surface area contributed by atoms with Crippen molar-refractivity contribution < 1.29 is 14.3 Å². The molecule has 0 unspecified atom stereocenters. The molecule has 0 spiro atoms. The molecule has 7 heteroatoms. The highest BCUT2D eigenvalue weighted by atomic mass is 16.5. The van der Waals surface area contributed by atoms with Gasteiger partial charge in [-0.15, -0.1) is 0 Å². The first-order valence-corrected chi connectivity index (χ1v) is 10.5. The molecule has 31 heavy (non-hydrogen) atoms. The van der Waals surface area contributed by atoms with Crippen LogP contribution < -0.4 is 5.32 Å². The lowest BCUT2D eigenvalue weighted by molar-refractivity contribution is 0.0526. The molecule has 156 valence electrons. The zero-order valence-electron chi connectivity index (χ0n) is 17.2. The predicted octanol–water partition coefficient (Wildman–Crippen LogP) is 3.13. The number of benzene rings is 1. The maximum atomic E-state index is 12.3. The third kappa shape index (κ3) is 3.52. The van der Waals surface area contributed by atoms with E-state index in [9.17, 15) is 9.59 Å². The molecule has 3 aromatic rings. The standard InChI is InChI=1S/C24H22N4O3/c1-2-31-24(30)16-5-3-4-15(12-16)6-8-18-13-20-17(14-26-18)7-9-19-21(20)27-28-11-10-25-23(29)22(19)28/h3-6,8,12-14H,2,7,9-11H2,1H3,(H,25,29).